The van der Waals surface area contributed by atoms with Gasteiger partial charge in [-0.3, -0.25) is 0 Å². The fourth-order valence-corrected chi connectivity index (χ4v) is 1.59. The lowest BCUT2D eigenvalue weighted by Crippen LogP contribution is -2.17. The van der Waals surface area contributed by atoms with Gasteiger partial charge in [-0.15, -0.1) is 0 Å². The van der Waals surface area contributed by atoms with Crippen molar-refractivity contribution in [2.45, 2.75) is 39.9 Å². The molecule has 0 fully saturated rings. The number of nitrogens with one attached hydrogen (secondary N) is 1. The molecular formula is C11H17N5O. The largest absolute Gasteiger partial charge is 0.445 e. The molecule has 0 amide bonds. The van der Waals surface area contributed by atoms with Gasteiger partial charge in [0, 0.05) is 6.54 Å². The molecule has 6 nitrogen and oxygen atoms in total. The van der Waals surface area contributed by atoms with Crippen molar-refractivity contribution in [1.29, 1.82) is 0 Å². The molecule has 0 saturated heterocycles. The molecule has 0 aliphatic carbocycles. The van der Waals surface area contributed by atoms with E-state index in [0.29, 0.717) is 19.0 Å². The van der Waals surface area contributed by atoms with Crippen LogP contribution in [0.1, 0.15) is 30.8 Å². The van der Waals surface area contributed by atoms with Crippen LogP contribution in [-0.4, -0.2) is 19.7 Å². The minimum Gasteiger partial charge on any atom is -0.445 e. The Hall–Kier alpha value is -1.69. The van der Waals surface area contributed by atoms with Gasteiger partial charge in [0.2, 0.25) is 5.89 Å². The molecule has 17 heavy (non-hydrogen) atoms. The van der Waals surface area contributed by atoms with Gasteiger partial charge in [0.15, 0.2) is 0 Å². The number of rotatable bonds is 6. The Morgan fingerprint density at radius 2 is 2.24 bits per heavy atom. The van der Waals surface area contributed by atoms with Crippen LogP contribution >= 0.6 is 0 Å². The number of aromatic nitrogens is 4. The molecule has 2 rings (SSSR count). The summed E-state index contributed by atoms with van der Waals surface area (Å²) in [5, 5.41) is 7.40. The normalized spacial score (nSPS) is 10.9. The highest BCUT2D eigenvalue weighted by atomic mass is 16.4. The predicted octanol–water partition coefficient (Wildman–Crippen LogP) is 1.27. The summed E-state index contributed by atoms with van der Waals surface area (Å²) >= 11 is 0. The lowest BCUT2D eigenvalue weighted by molar-refractivity contribution is 0.442. The van der Waals surface area contributed by atoms with Gasteiger partial charge in [-0.1, -0.05) is 6.92 Å². The first kappa shape index (κ1) is 11.8. The maximum Gasteiger partial charge on any atom is 0.208 e. The minimum absolute atomic E-state index is 0.604. The average Bonchev–Trinajstić information content (AvgIpc) is 2.90. The summed E-state index contributed by atoms with van der Waals surface area (Å²) in [6, 6.07) is 0. The zero-order valence-corrected chi connectivity index (χ0v) is 10.2. The van der Waals surface area contributed by atoms with Crippen molar-refractivity contribution < 1.29 is 4.42 Å². The smallest absolute Gasteiger partial charge is 0.208 e. The lowest BCUT2D eigenvalue weighted by Gasteiger charge is -2.04. The van der Waals surface area contributed by atoms with Crippen LogP contribution in [0.4, 0.5) is 0 Å². The van der Waals surface area contributed by atoms with E-state index in [1.807, 2.05) is 11.6 Å². The van der Waals surface area contributed by atoms with Gasteiger partial charge >= 0.3 is 0 Å². The van der Waals surface area contributed by atoms with Gasteiger partial charge in [-0.05, 0) is 13.3 Å². The van der Waals surface area contributed by atoms with E-state index in [1.165, 1.54) is 0 Å². The van der Waals surface area contributed by atoms with E-state index in [1.54, 1.807) is 12.5 Å². The summed E-state index contributed by atoms with van der Waals surface area (Å²) in [7, 11) is 0. The predicted molar refractivity (Wildman–Crippen MR) is 62.1 cm³/mol. The van der Waals surface area contributed by atoms with Crippen LogP contribution in [0.25, 0.3) is 0 Å². The lowest BCUT2D eigenvalue weighted by atomic mass is 10.4. The van der Waals surface area contributed by atoms with Crippen molar-refractivity contribution in [3.05, 3.63) is 30.0 Å². The van der Waals surface area contributed by atoms with Crippen LogP contribution in [0.15, 0.2) is 16.9 Å². The third-order valence-corrected chi connectivity index (χ3v) is 2.36. The maximum absolute atomic E-state index is 5.36. The van der Waals surface area contributed by atoms with E-state index in [2.05, 4.69) is 27.3 Å². The van der Waals surface area contributed by atoms with E-state index in [4.69, 9.17) is 4.42 Å². The first-order chi connectivity index (χ1) is 8.29. The van der Waals surface area contributed by atoms with Gasteiger partial charge in [0.25, 0.3) is 0 Å². The number of hydrogen-bond donors (Lipinski definition) is 1. The van der Waals surface area contributed by atoms with Crippen molar-refractivity contribution in [3.8, 4) is 0 Å². The second-order valence-electron chi connectivity index (χ2n) is 3.87. The minimum atomic E-state index is 0.604. The summed E-state index contributed by atoms with van der Waals surface area (Å²) in [4.78, 5) is 8.33. The SMILES string of the molecule is CCCn1ncnc1CNCc1ncc(C)o1. The van der Waals surface area contributed by atoms with E-state index in [9.17, 15) is 0 Å². The van der Waals surface area contributed by atoms with Crippen LogP contribution in [0.3, 0.4) is 0 Å². The quantitative estimate of drug-likeness (QED) is 0.816. The van der Waals surface area contributed by atoms with Crippen LogP contribution in [0.2, 0.25) is 0 Å². The highest BCUT2D eigenvalue weighted by molar-refractivity contribution is 4.91. The number of nitrogens with zero attached hydrogens (tertiary/aromatic N) is 4. The Balaban J connectivity index is 1.83. The van der Waals surface area contributed by atoms with Gasteiger partial charge in [0.05, 0.1) is 19.3 Å². The molecule has 0 atom stereocenters. The summed E-state index contributed by atoms with van der Waals surface area (Å²) in [6.07, 6.45) is 4.36. The molecule has 0 aromatic carbocycles. The molecule has 1 N–H and O–H groups in total. The molecule has 0 aliphatic heterocycles. The standard InChI is InChI=1S/C11H17N5O/c1-3-4-16-10(14-8-15-16)6-12-7-11-13-5-9(2)17-11/h5,8,12H,3-4,6-7H2,1-2H3. The molecule has 0 aliphatic rings. The van der Waals surface area contributed by atoms with Crippen molar-refractivity contribution in [2.24, 2.45) is 0 Å². The van der Waals surface area contributed by atoms with Crippen molar-refractivity contribution in [1.82, 2.24) is 25.1 Å². The highest BCUT2D eigenvalue weighted by Crippen LogP contribution is 2.01. The molecule has 0 bridgehead atoms. The molecule has 92 valence electrons. The van der Waals surface area contributed by atoms with Gasteiger partial charge in [0.1, 0.15) is 17.9 Å². The Morgan fingerprint density at radius 1 is 1.35 bits per heavy atom. The topological polar surface area (TPSA) is 68.8 Å². The molecule has 2 heterocycles. The molecular weight excluding hydrogens is 218 g/mol. The average molecular weight is 235 g/mol. The number of oxazole rings is 1. The zero-order chi connectivity index (χ0) is 12.1. The summed E-state index contributed by atoms with van der Waals surface area (Å²) in [5.41, 5.74) is 0. The van der Waals surface area contributed by atoms with Crippen LogP contribution in [-0.2, 0) is 19.6 Å². The van der Waals surface area contributed by atoms with Crippen LogP contribution in [0.5, 0.6) is 0 Å². The van der Waals surface area contributed by atoms with Crippen molar-refractivity contribution in [3.63, 3.8) is 0 Å². The maximum atomic E-state index is 5.36. The Labute approximate surface area is 100 Å². The molecule has 0 saturated carbocycles. The second kappa shape index (κ2) is 5.58. The summed E-state index contributed by atoms with van der Waals surface area (Å²) in [5.74, 6) is 2.47. The molecule has 0 unspecified atom stereocenters. The summed E-state index contributed by atoms with van der Waals surface area (Å²) in [6.45, 7) is 6.17. The first-order valence-electron chi connectivity index (χ1n) is 5.78. The van der Waals surface area contributed by atoms with Crippen molar-refractivity contribution >= 4 is 0 Å². The second-order valence-corrected chi connectivity index (χ2v) is 3.87. The van der Waals surface area contributed by atoms with Crippen LogP contribution in [0, 0.1) is 6.92 Å². The number of aryl methyl sites for hydroxylation is 2. The fourth-order valence-electron chi connectivity index (χ4n) is 1.59. The molecule has 0 radical (unpaired) electrons. The zero-order valence-electron chi connectivity index (χ0n) is 10.2. The van der Waals surface area contributed by atoms with Gasteiger partial charge < -0.3 is 9.73 Å². The van der Waals surface area contributed by atoms with Crippen molar-refractivity contribution in [2.75, 3.05) is 0 Å². The first-order valence-corrected chi connectivity index (χ1v) is 5.78. The van der Waals surface area contributed by atoms with Crippen LogP contribution < -0.4 is 5.32 Å². The van der Waals surface area contributed by atoms with E-state index in [-0.39, 0.29) is 0 Å². The van der Waals surface area contributed by atoms with E-state index in [0.717, 1.165) is 24.6 Å². The number of hydrogen-bond acceptors (Lipinski definition) is 5. The fraction of sp³-hybridized carbons (Fsp3) is 0.545. The monoisotopic (exact) mass is 235 g/mol. The van der Waals surface area contributed by atoms with E-state index >= 15 is 0 Å². The van der Waals surface area contributed by atoms with Gasteiger partial charge in [-0.2, -0.15) is 5.10 Å². The third-order valence-electron chi connectivity index (χ3n) is 2.36. The highest BCUT2D eigenvalue weighted by Gasteiger charge is 2.04. The van der Waals surface area contributed by atoms with Gasteiger partial charge in [-0.25, -0.2) is 14.6 Å². The molecule has 0 spiro atoms. The Kier molecular flexibility index (Phi) is 3.87. The Morgan fingerprint density at radius 3 is 2.94 bits per heavy atom. The Bertz CT molecular complexity index is 462. The van der Waals surface area contributed by atoms with E-state index < -0.39 is 0 Å². The summed E-state index contributed by atoms with van der Waals surface area (Å²) < 4.78 is 7.27. The molecule has 6 heteroatoms. The molecule has 2 aromatic rings. The molecule has 2 aromatic heterocycles. The third kappa shape index (κ3) is 3.13.